The van der Waals surface area contributed by atoms with Gasteiger partial charge in [0.15, 0.2) is 5.69 Å². The smallest absolute Gasteiger partial charge is 0.286 e. The van der Waals surface area contributed by atoms with E-state index in [-0.39, 0.29) is 17.0 Å². The van der Waals surface area contributed by atoms with Crippen LogP contribution in [0.4, 0.5) is 11.4 Å². The van der Waals surface area contributed by atoms with E-state index in [0.717, 1.165) is 33.9 Å². The van der Waals surface area contributed by atoms with E-state index in [9.17, 15) is 9.90 Å². The highest BCUT2D eigenvalue weighted by atomic mass is 32.2. The van der Waals surface area contributed by atoms with Gasteiger partial charge in [-0.25, -0.2) is 0 Å². The average molecular weight is 391 g/mol. The Kier molecular flexibility index (Phi) is 4.70. The maximum Gasteiger partial charge on any atom is 0.286 e. The summed E-state index contributed by atoms with van der Waals surface area (Å²) in [6.07, 6.45) is 1.78. The zero-order valence-corrected chi connectivity index (χ0v) is 16.1. The minimum absolute atomic E-state index is 0.0726. The second-order valence-corrected chi connectivity index (χ2v) is 7.37. The van der Waals surface area contributed by atoms with Gasteiger partial charge in [0.25, 0.3) is 5.91 Å². The van der Waals surface area contributed by atoms with Gasteiger partial charge in [0.2, 0.25) is 11.0 Å². The average Bonchev–Trinajstić information content (AvgIpc) is 3.19. The Morgan fingerprint density at radius 2 is 1.86 bits per heavy atom. The van der Waals surface area contributed by atoms with Gasteiger partial charge in [0, 0.05) is 25.2 Å². The summed E-state index contributed by atoms with van der Waals surface area (Å²) in [6.45, 7) is 0. The fraction of sp³-hybridized carbons (Fsp3) is 0.100. The molecule has 0 spiro atoms. The molecule has 2 heterocycles. The fourth-order valence-corrected chi connectivity index (χ4v) is 3.50. The summed E-state index contributed by atoms with van der Waals surface area (Å²) < 4.78 is 0. The van der Waals surface area contributed by atoms with Crippen molar-refractivity contribution in [2.75, 3.05) is 19.0 Å². The van der Waals surface area contributed by atoms with E-state index < -0.39 is 0 Å². The molecule has 1 aliphatic heterocycles. The van der Waals surface area contributed by atoms with Crippen molar-refractivity contribution in [1.29, 1.82) is 0 Å². The lowest BCUT2D eigenvalue weighted by Gasteiger charge is -2.11. The van der Waals surface area contributed by atoms with Crippen molar-refractivity contribution in [1.82, 2.24) is 4.98 Å². The van der Waals surface area contributed by atoms with Crippen molar-refractivity contribution in [3.8, 4) is 5.88 Å². The number of fused-ring (bicyclic) bond motifs is 1. The van der Waals surface area contributed by atoms with Gasteiger partial charge in [-0.15, -0.1) is 10.2 Å². The van der Waals surface area contributed by atoms with E-state index in [1.54, 1.807) is 6.08 Å². The first-order valence-corrected chi connectivity index (χ1v) is 9.34. The number of amidine groups is 1. The first-order valence-electron chi connectivity index (χ1n) is 8.52. The molecule has 0 aliphatic carbocycles. The lowest BCUT2D eigenvalue weighted by atomic mass is 10.2. The molecule has 4 rings (SSSR count). The predicted molar refractivity (Wildman–Crippen MR) is 113 cm³/mol. The van der Waals surface area contributed by atoms with Crippen LogP contribution in [0.2, 0.25) is 0 Å². The van der Waals surface area contributed by atoms with E-state index in [1.165, 1.54) is 0 Å². The number of aromatic nitrogens is 1. The number of nitrogens with one attached hydrogen (secondary N) is 1. The van der Waals surface area contributed by atoms with Crippen LogP contribution < -0.4 is 4.90 Å². The molecule has 2 aromatic carbocycles. The summed E-state index contributed by atoms with van der Waals surface area (Å²) in [7, 11) is 3.95. The van der Waals surface area contributed by atoms with Gasteiger partial charge in [-0.3, -0.25) is 4.79 Å². The second kappa shape index (κ2) is 7.32. The Morgan fingerprint density at radius 1 is 1.11 bits per heavy atom. The van der Waals surface area contributed by atoms with Crippen LogP contribution in [0.15, 0.2) is 68.7 Å². The molecule has 1 aliphatic rings. The van der Waals surface area contributed by atoms with E-state index in [0.29, 0.717) is 10.6 Å². The van der Waals surface area contributed by atoms with E-state index in [4.69, 9.17) is 0 Å². The monoisotopic (exact) mass is 391 g/mol. The van der Waals surface area contributed by atoms with Gasteiger partial charge in [0.05, 0.1) is 10.4 Å². The maximum atomic E-state index is 12.2. The zero-order chi connectivity index (χ0) is 19.7. The molecule has 0 saturated carbocycles. The molecule has 8 heteroatoms. The number of hydrogen-bond donors (Lipinski definition) is 2. The quantitative estimate of drug-likeness (QED) is 0.500. The first kappa shape index (κ1) is 18.0. The highest BCUT2D eigenvalue weighted by Gasteiger charge is 2.22. The minimum Gasteiger partial charge on any atom is -0.493 e. The van der Waals surface area contributed by atoms with Crippen molar-refractivity contribution >= 4 is 51.2 Å². The number of carbonyl (C=O) groups excluding carboxylic acids is 1. The van der Waals surface area contributed by atoms with E-state index in [1.807, 2.05) is 67.5 Å². The molecule has 7 nitrogen and oxygen atoms in total. The molecular weight excluding hydrogens is 374 g/mol. The van der Waals surface area contributed by atoms with Crippen LogP contribution in [0, 0.1) is 0 Å². The second-order valence-electron chi connectivity index (χ2n) is 6.36. The summed E-state index contributed by atoms with van der Waals surface area (Å²) in [4.78, 5) is 21.4. The number of thioether (sulfide) groups is 1. The van der Waals surface area contributed by atoms with Gasteiger partial charge >= 0.3 is 0 Å². The number of amides is 1. The molecule has 0 atom stereocenters. The fourth-order valence-electron chi connectivity index (χ4n) is 2.77. The molecule has 0 unspecified atom stereocenters. The highest BCUT2D eigenvalue weighted by Crippen LogP contribution is 2.36. The van der Waals surface area contributed by atoms with Gasteiger partial charge < -0.3 is 15.0 Å². The number of rotatable bonds is 3. The molecule has 1 aromatic heterocycles. The van der Waals surface area contributed by atoms with E-state index >= 15 is 0 Å². The Labute approximate surface area is 165 Å². The van der Waals surface area contributed by atoms with Crippen LogP contribution in [0.25, 0.3) is 17.0 Å². The molecule has 0 fully saturated rings. The molecular formula is C20H17N5O2S. The topological polar surface area (TPSA) is 93.4 Å². The number of aromatic hydroxyl groups is 1. The normalized spacial score (nSPS) is 15.7. The van der Waals surface area contributed by atoms with Crippen LogP contribution in [0.5, 0.6) is 5.88 Å². The largest absolute Gasteiger partial charge is 0.493 e. The Morgan fingerprint density at radius 3 is 2.61 bits per heavy atom. The lowest BCUT2D eigenvalue weighted by Crippen LogP contribution is -2.07. The number of H-pyrrole nitrogens is 1. The van der Waals surface area contributed by atoms with Crippen molar-refractivity contribution in [2.45, 2.75) is 0 Å². The number of aromatic amines is 1. The number of hydrogen-bond acceptors (Lipinski definition) is 6. The molecule has 3 aromatic rings. The number of benzene rings is 2. The van der Waals surface area contributed by atoms with Gasteiger partial charge in [-0.1, -0.05) is 30.3 Å². The first-order chi connectivity index (χ1) is 13.5. The minimum atomic E-state index is -0.348. The predicted octanol–water partition coefficient (Wildman–Crippen LogP) is 4.69. The SMILES string of the molecule is CN(C)c1ccc(/C=C2/SC(N=Nc3c(O)[nH]c4ccccc34)=NC2=O)cc1. The van der Waals surface area contributed by atoms with Crippen LogP contribution in [-0.4, -0.2) is 35.3 Å². The molecule has 28 heavy (non-hydrogen) atoms. The third-order valence-electron chi connectivity index (χ3n) is 4.21. The standard InChI is InChI=1S/C20H17N5O2S/c1-25(2)13-9-7-12(8-10-13)11-16-18(26)22-20(28-16)24-23-17-14-5-3-4-6-15(14)21-19(17)27/h3-11,21,27H,1-2H3/b16-11+,24-23?. The Hall–Kier alpha value is -3.39. The molecule has 0 radical (unpaired) electrons. The third-order valence-corrected chi connectivity index (χ3v) is 5.08. The Bertz CT molecular complexity index is 1140. The molecule has 1 amide bonds. The third kappa shape index (κ3) is 3.54. The number of anilines is 1. The summed E-state index contributed by atoms with van der Waals surface area (Å²) >= 11 is 1.16. The Balaban J connectivity index is 1.53. The van der Waals surface area contributed by atoms with Gasteiger partial charge in [0.1, 0.15) is 0 Å². The van der Waals surface area contributed by atoms with Crippen LogP contribution in [0.1, 0.15) is 5.56 Å². The maximum absolute atomic E-state index is 12.2. The van der Waals surface area contributed by atoms with Crippen molar-refractivity contribution < 1.29 is 9.90 Å². The zero-order valence-electron chi connectivity index (χ0n) is 15.2. The van der Waals surface area contributed by atoms with Crippen LogP contribution >= 0.6 is 11.8 Å². The van der Waals surface area contributed by atoms with Gasteiger partial charge in [-0.2, -0.15) is 4.99 Å². The van der Waals surface area contributed by atoms with Crippen LogP contribution in [-0.2, 0) is 4.79 Å². The summed E-state index contributed by atoms with van der Waals surface area (Å²) in [5.41, 5.74) is 3.07. The number of azo groups is 1. The van der Waals surface area contributed by atoms with Crippen molar-refractivity contribution in [3.05, 3.63) is 59.0 Å². The van der Waals surface area contributed by atoms with Gasteiger partial charge in [-0.05, 0) is 41.6 Å². The molecule has 0 saturated heterocycles. The lowest BCUT2D eigenvalue weighted by molar-refractivity contribution is -0.113. The van der Waals surface area contributed by atoms with E-state index in [2.05, 4.69) is 20.2 Å². The van der Waals surface area contributed by atoms with Crippen LogP contribution in [0.3, 0.4) is 0 Å². The number of nitrogens with zero attached hydrogens (tertiary/aromatic N) is 4. The summed E-state index contributed by atoms with van der Waals surface area (Å²) in [5, 5.41) is 19.2. The molecule has 0 bridgehead atoms. The van der Waals surface area contributed by atoms with Crippen molar-refractivity contribution in [2.24, 2.45) is 15.2 Å². The number of para-hydroxylation sites is 1. The van der Waals surface area contributed by atoms with Crippen molar-refractivity contribution in [3.63, 3.8) is 0 Å². The summed E-state index contributed by atoms with van der Waals surface area (Å²) in [6, 6.07) is 15.2. The number of aliphatic imine (C=N–C) groups is 1. The number of carbonyl (C=O) groups is 1. The molecule has 140 valence electrons. The highest BCUT2D eigenvalue weighted by molar-refractivity contribution is 8.18. The molecule has 2 N–H and O–H groups in total. The summed E-state index contributed by atoms with van der Waals surface area (Å²) in [5.74, 6) is -0.421.